The maximum absolute atomic E-state index is 10.9. The average molecular weight is 351 g/mol. The third kappa shape index (κ3) is 4.11. The van der Waals surface area contributed by atoms with Crippen molar-refractivity contribution >= 4 is 29.2 Å². The second-order valence-electron chi connectivity index (χ2n) is 5.64. The molecule has 0 aliphatic heterocycles. The van der Waals surface area contributed by atoms with Gasteiger partial charge in [-0.05, 0) is 36.2 Å². The molecule has 25 heavy (non-hydrogen) atoms. The zero-order valence-corrected chi connectivity index (χ0v) is 14.3. The number of nitrogens with zero attached hydrogens (tertiary/aromatic N) is 2. The molecule has 0 bridgehead atoms. The first kappa shape index (κ1) is 16.9. The number of nitro benzene ring substituents is 1. The standard InChI is InChI=1S/C20H15ClN2O2/c1-14-2-8-17(9-3-14)22-13-15-4-6-16(7-5-15)19-12-18(23(24)25)10-11-20(19)21/h2-13H,1H3. The van der Waals surface area contributed by atoms with Gasteiger partial charge >= 0.3 is 0 Å². The van der Waals surface area contributed by atoms with E-state index >= 15 is 0 Å². The summed E-state index contributed by atoms with van der Waals surface area (Å²) in [6, 6.07) is 19.9. The van der Waals surface area contributed by atoms with E-state index in [0.717, 1.165) is 16.8 Å². The molecule has 3 rings (SSSR count). The van der Waals surface area contributed by atoms with Crippen LogP contribution < -0.4 is 0 Å². The van der Waals surface area contributed by atoms with Gasteiger partial charge in [0.1, 0.15) is 0 Å². The van der Waals surface area contributed by atoms with E-state index in [-0.39, 0.29) is 5.69 Å². The van der Waals surface area contributed by atoms with Gasteiger partial charge in [-0.25, -0.2) is 0 Å². The second-order valence-corrected chi connectivity index (χ2v) is 6.04. The molecule has 0 aromatic heterocycles. The second kappa shape index (κ2) is 7.28. The topological polar surface area (TPSA) is 55.5 Å². The Hall–Kier alpha value is -2.98. The van der Waals surface area contributed by atoms with Gasteiger partial charge in [0.2, 0.25) is 0 Å². The molecule has 0 unspecified atom stereocenters. The van der Waals surface area contributed by atoms with Crippen LogP contribution in [0.2, 0.25) is 5.02 Å². The molecule has 0 spiro atoms. The number of aryl methyl sites for hydroxylation is 1. The van der Waals surface area contributed by atoms with Crippen LogP contribution in [0, 0.1) is 17.0 Å². The van der Waals surface area contributed by atoms with Gasteiger partial charge in [-0.2, -0.15) is 0 Å². The fourth-order valence-corrected chi connectivity index (χ4v) is 2.60. The first-order chi connectivity index (χ1) is 12.0. The Bertz CT molecular complexity index is 933. The van der Waals surface area contributed by atoms with Crippen molar-refractivity contribution in [1.29, 1.82) is 0 Å². The summed E-state index contributed by atoms with van der Waals surface area (Å²) in [6.07, 6.45) is 1.78. The van der Waals surface area contributed by atoms with Crippen LogP contribution in [0.25, 0.3) is 11.1 Å². The van der Waals surface area contributed by atoms with Crippen molar-refractivity contribution in [2.45, 2.75) is 6.92 Å². The number of hydrogen-bond acceptors (Lipinski definition) is 3. The summed E-state index contributed by atoms with van der Waals surface area (Å²) in [6.45, 7) is 2.03. The summed E-state index contributed by atoms with van der Waals surface area (Å²) in [5.74, 6) is 0. The number of rotatable bonds is 4. The lowest BCUT2D eigenvalue weighted by Gasteiger charge is -2.05. The molecule has 0 saturated carbocycles. The molecule has 0 fully saturated rings. The molecular weight excluding hydrogens is 336 g/mol. The summed E-state index contributed by atoms with van der Waals surface area (Å²) in [5.41, 5.74) is 4.49. The number of nitro groups is 1. The van der Waals surface area contributed by atoms with Crippen LogP contribution >= 0.6 is 11.6 Å². The molecule has 0 aliphatic carbocycles. The number of non-ortho nitro benzene ring substituents is 1. The first-order valence-corrected chi connectivity index (χ1v) is 8.06. The zero-order chi connectivity index (χ0) is 17.8. The van der Waals surface area contributed by atoms with Crippen LogP contribution in [-0.2, 0) is 0 Å². The smallest absolute Gasteiger partial charge is 0.258 e. The molecule has 0 amide bonds. The lowest BCUT2D eigenvalue weighted by molar-refractivity contribution is -0.384. The van der Waals surface area contributed by atoms with Gasteiger partial charge < -0.3 is 0 Å². The lowest BCUT2D eigenvalue weighted by atomic mass is 10.0. The highest BCUT2D eigenvalue weighted by atomic mass is 35.5. The minimum Gasteiger partial charge on any atom is -0.258 e. The number of halogens is 1. The van der Waals surface area contributed by atoms with E-state index in [1.54, 1.807) is 12.3 Å². The zero-order valence-electron chi connectivity index (χ0n) is 13.5. The van der Waals surface area contributed by atoms with Gasteiger partial charge in [-0.1, -0.05) is 53.6 Å². The van der Waals surface area contributed by atoms with Crippen molar-refractivity contribution in [3.8, 4) is 11.1 Å². The molecule has 0 N–H and O–H groups in total. The van der Waals surface area contributed by atoms with Gasteiger partial charge in [0, 0.05) is 28.9 Å². The molecule has 5 heteroatoms. The van der Waals surface area contributed by atoms with Crippen molar-refractivity contribution in [2.75, 3.05) is 0 Å². The SMILES string of the molecule is Cc1ccc(N=Cc2ccc(-c3cc([N+](=O)[O-])ccc3Cl)cc2)cc1. The highest BCUT2D eigenvalue weighted by Gasteiger charge is 2.11. The molecule has 0 saturated heterocycles. The number of aliphatic imine (C=N–C) groups is 1. The molecule has 0 atom stereocenters. The van der Waals surface area contributed by atoms with E-state index in [9.17, 15) is 10.1 Å². The summed E-state index contributed by atoms with van der Waals surface area (Å²) < 4.78 is 0. The van der Waals surface area contributed by atoms with E-state index in [2.05, 4.69) is 4.99 Å². The third-order valence-corrected chi connectivity index (χ3v) is 4.11. The van der Waals surface area contributed by atoms with Crippen molar-refractivity contribution in [2.24, 2.45) is 4.99 Å². The Kier molecular flexibility index (Phi) is 4.91. The fourth-order valence-electron chi connectivity index (χ4n) is 2.38. The van der Waals surface area contributed by atoms with Crippen molar-refractivity contribution < 1.29 is 4.92 Å². The monoisotopic (exact) mass is 350 g/mol. The highest BCUT2D eigenvalue weighted by Crippen LogP contribution is 2.31. The van der Waals surface area contributed by atoms with E-state index in [4.69, 9.17) is 11.6 Å². The molecule has 0 heterocycles. The van der Waals surface area contributed by atoms with Crippen LogP contribution in [0.3, 0.4) is 0 Å². The highest BCUT2D eigenvalue weighted by molar-refractivity contribution is 6.33. The van der Waals surface area contributed by atoms with Crippen molar-refractivity contribution in [3.05, 3.63) is 93.0 Å². The van der Waals surface area contributed by atoms with Crippen LogP contribution in [0.1, 0.15) is 11.1 Å². The Morgan fingerprint density at radius 3 is 2.32 bits per heavy atom. The fraction of sp³-hybridized carbons (Fsp3) is 0.0500. The van der Waals surface area contributed by atoms with Crippen LogP contribution in [0.5, 0.6) is 0 Å². The summed E-state index contributed by atoms with van der Waals surface area (Å²) in [7, 11) is 0. The minimum atomic E-state index is -0.428. The summed E-state index contributed by atoms with van der Waals surface area (Å²) in [5, 5.41) is 11.4. The maximum atomic E-state index is 10.9. The molecule has 0 aliphatic rings. The van der Waals surface area contributed by atoms with Crippen LogP contribution in [0.15, 0.2) is 71.7 Å². The van der Waals surface area contributed by atoms with Gasteiger partial charge in [0.05, 0.1) is 10.6 Å². The molecule has 0 radical (unpaired) electrons. The molecular formula is C20H15ClN2O2. The predicted octanol–water partition coefficient (Wildman–Crippen LogP) is 5.97. The number of benzene rings is 3. The maximum Gasteiger partial charge on any atom is 0.270 e. The quantitative estimate of drug-likeness (QED) is 0.330. The van der Waals surface area contributed by atoms with Crippen LogP contribution in [0.4, 0.5) is 11.4 Å². The summed E-state index contributed by atoms with van der Waals surface area (Å²) >= 11 is 6.18. The molecule has 4 nitrogen and oxygen atoms in total. The Balaban J connectivity index is 1.84. The average Bonchev–Trinajstić information content (AvgIpc) is 2.62. The largest absolute Gasteiger partial charge is 0.270 e. The van der Waals surface area contributed by atoms with E-state index in [1.807, 2.05) is 55.5 Å². The van der Waals surface area contributed by atoms with Gasteiger partial charge in [-0.3, -0.25) is 15.1 Å². The normalized spacial score (nSPS) is 11.0. The van der Waals surface area contributed by atoms with Gasteiger partial charge in [-0.15, -0.1) is 0 Å². The van der Waals surface area contributed by atoms with Crippen molar-refractivity contribution in [3.63, 3.8) is 0 Å². The van der Waals surface area contributed by atoms with Crippen molar-refractivity contribution in [1.82, 2.24) is 0 Å². The van der Waals surface area contributed by atoms with Gasteiger partial charge in [0.25, 0.3) is 5.69 Å². The third-order valence-electron chi connectivity index (χ3n) is 3.78. The van der Waals surface area contributed by atoms with E-state index in [1.165, 1.54) is 17.7 Å². The minimum absolute atomic E-state index is 0.0180. The molecule has 3 aromatic rings. The molecule has 124 valence electrons. The Labute approximate surface area is 150 Å². The predicted molar refractivity (Wildman–Crippen MR) is 102 cm³/mol. The van der Waals surface area contributed by atoms with Gasteiger partial charge in [0.15, 0.2) is 0 Å². The Morgan fingerprint density at radius 2 is 1.68 bits per heavy atom. The Morgan fingerprint density at radius 1 is 1.00 bits per heavy atom. The van der Waals surface area contributed by atoms with E-state index in [0.29, 0.717) is 10.6 Å². The number of hydrogen-bond donors (Lipinski definition) is 0. The van der Waals surface area contributed by atoms with E-state index < -0.39 is 4.92 Å². The van der Waals surface area contributed by atoms with Crippen LogP contribution in [-0.4, -0.2) is 11.1 Å². The first-order valence-electron chi connectivity index (χ1n) is 7.68. The molecule has 3 aromatic carbocycles. The summed E-state index contributed by atoms with van der Waals surface area (Å²) in [4.78, 5) is 14.9. The lowest BCUT2D eigenvalue weighted by Crippen LogP contribution is -1.89.